The van der Waals surface area contributed by atoms with Gasteiger partial charge in [0.15, 0.2) is 24.7 Å². The molecular formula is C45H72O19. The lowest BCUT2D eigenvalue weighted by Crippen LogP contribution is -2.65. The van der Waals surface area contributed by atoms with Crippen LogP contribution in [0.4, 0.5) is 0 Å². The van der Waals surface area contributed by atoms with Gasteiger partial charge >= 0.3 is 0 Å². The van der Waals surface area contributed by atoms with Crippen molar-refractivity contribution < 1.29 is 94.1 Å². The molecule has 9 rings (SSSR count). The molecule has 4 aliphatic carbocycles. The van der Waals surface area contributed by atoms with Crippen LogP contribution in [0.2, 0.25) is 0 Å². The number of rotatable bonds is 7. The van der Waals surface area contributed by atoms with E-state index in [-0.39, 0.29) is 30.5 Å². The van der Waals surface area contributed by atoms with Crippen molar-refractivity contribution in [3.8, 4) is 0 Å². The zero-order chi connectivity index (χ0) is 46.2. The first kappa shape index (κ1) is 48.0. The lowest BCUT2D eigenvalue weighted by Gasteiger charge is -2.60. The Bertz CT molecular complexity index is 1740. The van der Waals surface area contributed by atoms with E-state index in [1.54, 1.807) is 6.92 Å². The van der Waals surface area contributed by atoms with Gasteiger partial charge in [-0.1, -0.05) is 32.4 Å². The van der Waals surface area contributed by atoms with E-state index in [1.807, 2.05) is 6.92 Å². The van der Waals surface area contributed by atoms with Crippen LogP contribution in [-0.4, -0.2) is 197 Å². The number of hydrogen-bond acceptors (Lipinski definition) is 19. The van der Waals surface area contributed by atoms with Gasteiger partial charge in [0.1, 0.15) is 72.2 Å². The van der Waals surface area contributed by atoms with Crippen molar-refractivity contribution in [2.75, 3.05) is 13.2 Å². The zero-order valence-corrected chi connectivity index (χ0v) is 37.5. The lowest BCUT2D eigenvalue weighted by molar-refractivity contribution is -0.376. The first-order valence-electron chi connectivity index (χ1n) is 23.5. The van der Waals surface area contributed by atoms with Crippen LogP contribution in [0.1, 0.15) is 92.9 Å². The highest BCUT2D eigenvalue weighted by atomic mass is 16.8. The number of aliphatic hydroxyl groups excluding tert-OH is 9. The standard InChI is InChI=1S/C45H72O19/c1-18-29(48)30(49)33(52)38(58-18)62-36-19(2)59-39(34(53)31(36)50)63-37-26(16-46)61-40(35(54)32(37)51)60-22-9-11-41(4)21(13-22)7-8-23-24(41)10-12-42(5)25(23)14-28-45(42,56)20(3)44(64-28)15-27(47)43(6,55)17-57-44/h7,18-20,22-40,46-56H,8-17H2,1-6H3. The third kappa shape index (κ3) is 7.25. The molecule has 11 N–H and O–H groups in total. The first-order valence-corrected chi connectivity index (χ1v) is 23.5. The summed E-state index contributed by atoms with van der Waals surface area (Å²) in [5.74, 6) is -0.725. The van der Waals surface area contributed by atoms with E-state index in [1.165, 1.54) is 19.4 Å². The van der Waals surface area contributed by atoms with Gasteiger partial charge in [0.25, 0.3) is 0 Å². The number of hydrogen-bond donors (Lipinski definition) is 11. The molecule has 0 amide bonds. The zero-order valence-electron chi connectivity index (χ0n) is 37.5. The predicted octanol–water partition coefficient (Wildman–Crippen LogP) is -1.56. The van der Waals surface area contributed by atoms with Crippen molar-refractivity contribution in [3.05, 3.63) is 11.6 Å². The van der Waals surface area contributed by atoms with Gasteiger partial charge in [-0.05, 0) is 88.9 Å². The molecule has 19 heteroatoms. The maximum Gasteiger partial charge on any atom is 0.187 e. The quantitative estimate of drug-likeness (QED) is 0.129. The maximum atomic E-state index is 12.8. The molecule has 0 aromatic carbocycles. The smallest absolute Gasteiger partial charge is 0.187 e. The highest BCUT2D eigenvalue weighted by Crippen LogP contribution is 2.72. The predicted molar refractivity (Wildman–Crippen MR) is 217 cm³/mol. The van der Waals surface area contributed by atoms with Crippen molar-refractivity contribution in [2.24, 2.45) is 34.5 Å². The van der Waals surface area contributed by atoms with Crippen LogP contribution in [-0.2, 0) is 37.9 Å². The minimum absolute atomic E-state index is 0.0802. The summed E-state index contributed by atoms with van der Waals surface area (Å²) in [6.45, 7) is 10.3. The third-order valence-corrected chi connectivity index (χ3v) is 18.1. The number of aliphatic hydroxyl groups is 11. The molecule has 0 bridgehead atoms. The molecule has 19 nitrogen and oxygen atoms in total. The van der Waals surface area contributed by atoms with Crippen LogP contribution in [0, 0.1) is 34.5 Å². The average Bonchev–Trinajstić information content (AvgIpc) is 3.61. The fourth-order valence-corrected chi connectivity index (χ4v) is 13.9. The number of fused-ring (bicyclic) bond motifs is 7. The third-order valence-electron chi connectivity index (χ3n) is 18.1. The van der Waals surface area contributed by atoms with Gasteiger partial charge in [-0.3, -0.25) is 0 Å². The van der Waals surface area contributed by atoms with Crippen LogP contribution in [0.15, 0.2) is 11.6 Å². The molecular weight excluding hydrogens is 844 g/mol. The van der Waals surface area contributed by atoms with Crippen LogP contribution < -0.4 is 0 Å². The molecule has 0 radical (unpaired) electrons. The minimum atomic E-state index is -1.78. The van der Waals surface area contributed by atoms with Crippen LogP contribution >= 0.6 is 0 Å². The Kier molecular flexibility index (Phi) is 12.6. The monoisotopic (exact) mass is 916 g/mol. The molecule has 64 heavy (non-hydrogen) atoms. The van der Waals surface area contributed by atoms with E-state index < -0.39 is 139 Å². The number of ether oxygens (including phenoxy) is 8. The van der Waals surface area contributed by atoms with Crippen molar-refractivity contribution >= 4 is 0 Å². The molecule has 5 heterocycles. The van der Waals surface area contributed by atoms with E-state index in [9.17, 15) is 56.2 Å². The highest BCUT2D eigenvalue weighted by molar-refractivity contribution is 5.29. The Morgan fingerprint density at radius 2 is 1.33 bits per heavy atom. The number of allylic oxidation sites excluding steroid dienone is 1. The Hall–Kier alpha value is -1.02. The molecule has 0 aromatic rings. The molecule has 0 aromatic heterocycles. The van der Waals surface area contributed by atoms with Crippen molar-refractivity contribution in [1.29, 1.82) is 0 Å². The van der Waals surface area contributed by atoms with E-state index in [0.29, 0.717) is 31.1 Å². The molecule has 366 valence electrons. The van der Waals surface area contributed by atoms with Crippen molar-refractivity contribution in [1.82, 2.24) is 0 Å². The summed E-state index contributed by atoms with van der Waals surface area (Å²) in [4.78, 5) is 0. The lowest BCUT2D eigenvalue weighted by atomic mass is 9.46. The van der Waals surface area contributed by atoms with Gasteiger partial charge in [-0.2, -0.15) is 0 Å². The average molecular weight is 917 g/mol. The molecule has 27 atom stereocenters. The molecule has 1 spiro atoms. The van der Waals surface area contributed by atoms with Crippen molar-refractivity contribution in [3.63, 3.8) is 0 Å². The molecule has 8 fully saturated rings. The van der Waals surface area contributed by atoms with Gasteiger partial charge in [0.05, 0.1) is 43.7 Å². The fraction of sp³-hybridized carbons (Fsp3) is 0.956. The second-order valence-corrected chi connectivity index (χ2v) is 21.6. The SMILES string of the molecule is CC1OC(OC2C(C)OC(OC3C(CO)OC(OC4CCC5(C)C(=CCC6C5CCC5(C)C6CC6OC7(CC(O)C(C)(O)CO7)C(C)C65O)C4)C(O)C3O)C(O)C2O)C(O)C(O)C1O. The summed E-state index contributed by atoms with van der Waals surface area (Å²) < 4.78 is 48.3. The second-order valence-electron chi connectivity index (χ2n) is 21.6. The Morgan fingerprint density at radius 1 is 0.703 bits per heavy atom. The van der Waals surface area contributed by atoms with Gasteiger partial charge in [0.2, 0.25) is 0 Å². The first-order chi connectivity index (χ1) is 30.0. The van der Waals surface area contributed by atoms with Gasteiger partial charge < -0.3 is 94.1 Å². The van der Waals surface area contributed by atoms with Gasteiger partial charge in [0, 0.05) is 17.8 Å². The van der Waals surface area contributed by atoms with Crippen LogP contribution in [0.5, 0.6) is 0 Å². The second kappa shape index (κ2) is 16.8. The summed E-state index contributed by atoms with van der Waals surface area (Å²) in [5, 5.41) is 120. The highest BCUT2D eigenvalue weighted by Gasteiger charge is 2.77. The summed E-state index contributed by atoms with van der Waals surface area (Å²) in [7, 11) is 0. The topological polar surface area (TPSA) is 296 Å². The fourth-order valence-electron chi connectivity index (χ4n) is 13.9. The molecule has 9 aliphatic rings. The summed E-state index contributed by atoms with van der Waals surface area (Å²) in [6, 6.07) is 0. The molecule has 5 saturated heterocycles. The van der Waals surface area contributed by atoms with E-state index in [4.69, 9.17) is 37.9 Å². The van der Waals surface area contributed by atoms with E-state index >= 15 is 0 Å². The Balaban J connectivity index is 0.819. The van der Waals surface area contributed by atoms with Crippen molar-refractivity contribution in [2.45, 2.75) is 220 Å². The summed E-state index contributed by atoms with van der Waals surface area (Å²) >= 11 is 0. The van der Waals surface area contributed by atoms with E-state index in [2.05, 4.69) is 19.9 Å². The molecule has 27 unspecified atom stereocenters. The normalized spacial score (nSPS) is 59.7. The molecule has 5 aliphatic heterocycles. The summed E-state index contributed by atoms with van der Waals surface area (Å²) in [5.41, 5.74) is -1.87. The van der Waals surface area contributed by atoms with Crippen LogP contribution in [0.25, 0.3) is 0 Å². The van der Waals surface area contributed by atoms with Gasteiger partial charge in [-0.25, -0.2) is 0 Å². The Morgan fingerprint density at radius 3 is 2.00 bits per heavy atom. The Labute approximate surface area is 373 Å². The van der Waals surface area contributed by atoms with Crippen LogP contribution in [0.3, 0.4) is 0 Å². The summed E-state index contributed by atoms with van der Waals surface area (Å²) in [6.07, 6.45) is -15.8. The van der Waals surface area contributed by atoms with Gasteiger partial charge in [-0.15, -0.1) is 0 Å². The van der Waals surface area contributed by atoms with E-state index in [0.717, 1.165) is 25.7 Å². The molecule has 3 saturated carbocycles. The maximum absolute atomic E-state index is 12.8. The minimum Gasteiger partial charge on any atom is -0.394 e. The largest absolute Gasteiger partial charge is 0.394 e.